The molecule has 2 aromatic rings. The number of aliphatic carboxylic acids is 1. The van der Waals surface area contributed by atoms with Crippen LogP contribution in [0.2, 0.25) is 0 Å². The zero-order valence-corrected chi connectivity index (χ0v) is 14.3. The predicted octanol–water partition coefficient (Wildman–Crippen LogP) is 1.95. The molecule has 9 heteroatoms. The third kappa shape index (κ3) is 5.15. The molecule has 4 N–H and O–H groups in total. The molecule has 0 unspecified atom stereocenters. The summed E-state index contributed by atoms with van der Waals surface area (Å²) in [7, 11) is 0. The molecule has 0 radical (unpaired) electrons. The fourth-order valence-electron chi connectivity index (χ4n) is 1.88. The van der Waals surface area contributed by atoms with Crippen molar-refractivity contribution in [2.24, 2.45) is 10.8 Å². The van der Waals surface area contributed by atoms with Gasteiger partial charge in [0.25, 0.3) is 0 Å². The van der Waals surface area contributed by atoms with Gasteiger partial charge in [-0.25, -0.2) is 0 Å². The SMILES string of the molecule is NC(=S)N/N=C\c1cn(CCC(=O)O)nc1-c1cccc(Br)c1. The Bertz CT molecular complexity index is 759. The maximum atomic E-state index is 10.7. The van der Waals surface area contributed by atoms with E-state index in [4.69, 9.17) is 23.1 Å². The molecule has 0 saturated heterocycles. The van der Waals surface area contributed by atoms with Crippen LogP contribution in [0.15, 0.2) is 40.0 Å². The lowest BCUT2D eigenvalue weighted by Gasteiger charge is -2.00. The molecule has 23 heavy (non-hydrogen) atoms. The number of rotatable bonds is 6. The minimum Gasteiger partial charge on any atom is -0.481 e. The normalized spacial score (nSPS) is 10.8. The van der Waals surface area contributed by atoms with Crippen molar-refractivity contribution >= 4 is 45.4 Å². The highest BCUT2D eigenvalue weighted by atomic mass is 79.9. The van der Waals surface area contributed by atoms with Crippen LogP contribution in [0.5, 0.6) is 0 Å². The summed E-state index contributed by atoms with van der Waals surface area (Å²) in [6.45, 7) is 0.271. The maximum absolute atomic E-state index is 10.7. The molecule has 0 atom stereocenters. The number of nitrogens with zero attached hydrogens (tertiary/aromatic N) is 3. The van der Waals surface area contributed by atoms with Crippen LogP contribution in [0.1, 0.15) is 12.0 Å². The van der Waals surface area contributed by atoms with Crippen molar-refractivity contribution in [1.82, 2.24) is 15.2 Å². The summed E-state index contributed by atoms with van der Waals surface area (Å²) in [5.41, 5.74) is 10.1. The van der Waals surface area contributed by atoms with Crippen LogP contribution in [0.4, 0.5) is 0 Å². The fourth-order valence-corrected chi connectivity index (χ4v) is 2.33. The van der Waals surface area contributed by atoms with Crippen LogP contribution in [0.3, 0.4) is 0 Å². The maximum Gasteiger partial charge on any atom is 0.305 e. The number of nitrogens with one attached hydrogen (secondary N) is 1. The Labute approximate surface area is 146 Å². The molecule has 0 amide bonds. The van der Waals surface area contributed by atoms with Gasteiger partial charge in [-0.2, -0.15) is 10.2 Å². The molecule has 120 valence electrons. The first kappa shape index (κ1) is 17.1. The van der Waals surface area contributed by atoms with E-state index in [9.17, 15) is 4.79 Å². The van der Waals surface area contributed by atoms with Gasteiger partial charge in [-0.15, -0.1) is 0 Å². The van der Waals surface area contributed by atoms with Gasteiger partial charge < -0.3 is 10.8 Å². The predicted molar refractivity (Wildman–Crippen MR) is 95.1 cm³/mol. The molecule has 1 aromatic heterocycles. The molecular weight excluding hydrogens is 382 g/mol. The number of nitrogens with two attached hydrogens (primary N) is 1. The number of carboxylic acids is 1. The number of carboxylic acid groups (broad SMARTS) is 1. The number of hydrazone groups is 1. The number of halogens is 1. The molecule has 0 fully saturated rings. The Morgan fingerprint density at radius 1 is 1.57 bits per heavy atom. The van der Waals surface area contributed by atoms with Gasteiger partial charge in [-0.05, 0) is 24.4 Å². The Kier molecular flexibility index (Phi) is 5.83. The zero-order valence-electron chi connectivity index (χ0n) is 11.9. The topological polar surface area (TPSA) is 106 Å². The van der Waals surface area contributed by atoms with Crippen molar-refractivity contribution < 1.29 is 9.90 Å². The van der Waals surface area contributed by atoms with E-state index in [0.717, 1.165) is 15.6 Å². The van der Waals surface area contributed by atoms with Crippen molar-refractivity contribution in [2.45, 2.75) is 13.0 Å². The van der Waals surface area contributed by atoms with Gasteiger partial charge in [-0.1, -0.05) is 28.1 Å². The lowest BCUT2D eigenvalue weighted by Crippen LogP contribution is -2.24. The van der Waals surface area contributed by atoms with E-state index in [2.05, 4.69) is 31.6 Å². The Balaban J connectivity index is 2.34. The first-order valence-electron chi connectivity index (χ1n) is 6.59. The van der Waals surface area contributed by atoms with Gasteiger partial charge in [0.15, 0.2) is 5.11 Å². The number of carbonyl (C=O) groups is 1. The summed E-state index contributed by atoms with van der Waals surface area (Å²) in [5.74, 6) is -0.880. The molecule has 0 saturated carbocycles. The van der Waals surface area contributed by atoms with E-state index in [1.54, 1.807) is 17.1 Å². The Morgan fingerprint density at radius 2 is 2.35 bits per heavy atom. The summed E-state index contributed by atoms with van der Waals surface area (Å²) in [5, 5.41) is 17.2. The van der Waals surface area contributed by atoms with Gasteiger partial charge in [0.1, 0.15) is 5.69 Å². The number of aryl methyl sites for hydroxylation is 1. The van der Waals surface area contributed by atoms with Gasteiger partial charge >= 0.3 is 5.97 Å². The molecule has 1 heterocycles. The molecule has 2 rings (SSSR count). The first-order valence-corrected chi connectivity index (χ1v) is 7.79. The summed E-state index contributed by atoms with van der Waals surface area (Å²) in [6.07, 6.45) is 3.25. The lowest BCUT2D eigenvalue weighted by molar-refractivity contribution is -0.137. The van der Waals surface area contributed by atoms with E-state index in [-0.39, 0.29) is 18.1 Å². The standard InChI is InChI=1S/C14H14BrN5O2S/c15-11-3-1-2-9(6-11)13-10(7-17-18-14(16)23)8-20(19-13)5-4-12(21)22/h1-3,6-8H,4-5H2,(H,21,22)(H3,16,18,23)/b17-7-. The van der Waals surface area contributed by atoms with Gasteiger partial charge in [0.05, 0.1) is 19.2 Å². The summed E-state index contributed by atoms with van der Waals surface area (Å²) >= 11 is 8.11. The van der Waals surface area contributed by atoms with E-state index >= 15 is 0 Å². The summed E-state index contributed by atoms with van der Waals surface area (Å²) in [4.78, 5) is 10.7. The number of hydrogen-bond acceptors (Lipinski definition) is 4. The van der Waals surface area contributed by atoms with E-state index < -0.39 is 5.97 Å². The van der Waals surface area contributed by atoms with E-state index in [0.29, 0.717) is 5.69 Å². The smallest absolute Gasteiger partial charge is 0.305 e. The second-order valence-corrected chi connectivity index (χ2v) is 5.94. The molecular formula is C14H14BrN5O2S. The average Bonchev–Trinajstić information content (AvgIpc) is 2.88. The Morgan fingerprint density at radius 3 is 3.00 bits per heavy atom. The van der Waals surface area contributed by atoms with Gasteiger partial charge in [0, 0.05) is 21.8 Å². The third-order valence-corrected chi connectivity index (χ3v) is 3.41. The summed E-state index contributed by atoms with van der Waals surface area (Å²) in [6, 6.07) is 7.63. The van der Waals surface area contributed by atoms with Crippen LogP contribution >= 0.6 is 28.1 Å². The largest absolute Gasteiger partial charge is 0.481 e. The van der Waals surface area contributed by atoms with Crippen molar-refractivity contribution in [2.75, 3.05) is 0 Å². The fraction of sp³-hybridized carbons (Fsp3) is 0.143. The molecule has 0 spiro atoms. The number of thiocarbonyl (C=S) groups is 1. The monoisotopic (exact) mass is 395 g/mol. The summed E-state index contributed by atoms with van der Waals surface area (Å²) < 4.78 is 2.49. The van der Waals surface area contributed by atoms with Crippen LogP contribution < -0.4 is 11.2 Å². The number of hydrogen-bond donors (Lipinski definition) is 3. The molecule has 1 aromatic carbocycles. The lowest BCUT2D eigenvalue weighted by atomic mass is 10.1. The van der Waals surface area contributed by atoms with Crippen LogP contribution in [0.25, 0.3) is 11.3 Å². The molecule has 0 aliphatic rings. The molecule has 7 nitrogen and oxygen atoms in total. The number of aromatic nitrogens is 2. The van der Waals surface area contributed by atoms with Crippen molar-refractivity contribution in [1.29, 1.82) is 0 Å². The van der Waals surface area contributed by atoms with Crippen LogP contribution in [-0.4, -0.2) is 32.2 Å². The van der Waals surface area contributed by atoms with E-state index in [1.165, 1.54) is 0 Å². The van der Waals surface area contributed by atoms with Crippen molar-refractivity contribution in [3.8, 4) is 11.3 Å². The molecule has 0 aliphatic heterocycles. The highest BCUT2D eigenvalue weighted by Crippen LogP contribution is 2.24. The van der Waals surface area contributed by atoms with Gasteiger partial charge in [0.2, 0.25) is 0 Å². The second kappa shape index (κ2) is 7.84. The highest BCUT2D eigenvalue weighted by Gasteiger charge is 2.11. The van der Waals surface area contributed by atoms with E-state index in [1.807, 2.05) is 24.3 Å². The van der Waals surface area contributed by atoms with Crippen LogP contribution in [0, 0.1) is 0 Å². The first-order chi connectivity index (χ1) is 11.0. The average molecular weight is 396 g/mol. The quantitative estimate of drug-likeness (QED) is 0.392. The molecule has 0 bridgehead atoms. The van der Waals surface area contributed by atoms with Crippen molar-refractivity contribution in [3.63, 3.8) is 0 Å². The molecule has 0 aliphatic carbocycles. The highest BCUT2D eigenvalue weighted by molar-refractivity contribution is 9.10. The van der Waals surface area contributed by atoms with Crippen LogP contribution in [-0.2, 0) is 11.3 Å². The van der Waals surface area contributed by atoms with Gasteiger partial charge in [-0.3, -0.25) is 14.9 Å². The third-order valence-electron chi connectivity index (χ3n) is 2.82. The Hall–Kier alpha value is -2.26. The second-order valence-electron chi connectivity index (χ2n) is 4.58. The zero-order chi connectivity index (χ0) is 16.8. The minimum absolute atomic E-state index is 0.0126. The van der Waals surface area contributed by atoms with Crippen molar-refractivity contribution in [3.05, 3.63) is 40.5 Å². The minimum atomic E-state index is -0.880. The number of benzene rings is 1.